The summed E-state index contributed by atoms with van der Waals surface area (Å²) in [6, 6.07) is 0. The van der Waals surface area contributed by atoms with Crippen LogP contribution in [0.2, 0.25) is 0 Å². The van der Waals surface area contributed by atoms with E-state index in [4.69, 9.17) is 4.74 Å². The van der Waals surface area contributed by atoms with Gasteiger partial charge in [-0.05, 0) is 19.4 Å². The fourth-order valence-electron chi connectivity index (χ4n) is 3.20. The van der Waals surface area contributed by atoms with Gasteiger partial charge in [-0.1, -0.05) is 0 Å². The van der Waals surface area contributed by atoms with E-state index in [9.17, 15) is 27.6 Å². The van der Waals surface area contributed by atoms with E-state index in [1.807, 2.05) is 0 Å². The lowest BCUT2D eigenvalue weighted by Gasteiger charge is -2.26. The Bertz CT molecular complexity index is 1020. The van der Waals surface area contributed by atoms with E-state index in [0.29, 0.717) is 23.6 Å². The number of amides is 1. The third-order valence-corrected chi connectivity index (χ3v) is 6.05. The van der Waals surface area contributed by atoms with Gasteiger partial charge < -0.3 is 9.64 Å². The normalized spacial score (nSPS) is 15.6. The first-order valence-electron chi connectivity index (χ1n) is 8.82. The minimum Gasteiger partial charge on any atom is -0.370 e. The van der Waals surface area contributed by atoms with E-state index in [0.717, 1.165) is 20.5 Å². The maximum atomic E-state index is 12.8. The third-order valence-electron chi connectivity index (χ3n) is 4.75. The summed E-state index contributed by atoms with van der Waals surface area (Å²) in [5, 5.41) is 0.240. The standard InChI is InChI=1S/C17H20F3N3O4S/c1-3-22-14(25)13-10(2)11(8-21-6-7-27-9-12(21)24)28-15(13)23(16(22)26)5-4-17(18,19)20/h3-9H2,1-2H3. The predicted octanol–water partition coefficient (Wildman–Crippen LogP) is 1.86. The highest BCUT2D eigenvalue weighted by Crippen LogP contribution is 2.30. The molecule has 3 heterocycles. The summed E-state index contributed by atoms with van der Waals surface area (Å²) in [5.74, 6) is -0.191. The van der Waals surface area contributed by atoms with E-state index in [1.165, 1.54) is 0 Å². The molecule has 1 amide bonds. The number of morpholine rings is 1. The summed E-state index contributed by atoms with van der Waals surface area (Å²) in [6.07, 6.45) is -5.59. The van der Waals surface area contributed by atoms with Gasteiger partial charge in [0.15, 0.2) is 0 Å². The molecule has 1 aliphatic heterocycles. The topological polar surface area (TPSA) is 73.5 Å². The number of halogens is 3. The molecule has 3 rings (SSSR count). The van der Waals surface area contributed by atoms with Crippen LogP contribution in [0.1, 0.15) is 23.8 Å². The van der Waals surface area contributed by atoms with Crippen molar-refractivity contribution in [2.75, 3.05) is 19.8 Å². The van der Waals surface area contributed by atoms with Gasteiger partial charge in [0.2, 0.25) is 5.91 Å². The van der Waals surface area contributed by atoms with Crippen molar-refractivity contribution in [3.63, 3.8) is 0 Å². The minimum absolute atomic E-state index is 0.0249. The zero-order valence-corrected chi connectivity index (χ0v) is 16.3. The van der Waals surface area contributed by atoms with Gasteiger partial charge >= 0.3 is 11.9 Å². The molecule has 0 atom stereocenters. The molecule has 7 nitrogen and oxygen atoms in total. The van der Waals surface area contributed by atoms with Crippen molar-refractivity contribution >= 4 is 27.5 Å². The molecule has 1 saturated heterocycles. The Hall–Kier alpha value is -2.14. The van der Waals surface area contributed by atoms with E-state index in [-0.39, 0.29) is 35.8 Å². The van der Waals surface area contributed by atoms with Gasteiger partial charge in [0.25, 0.3) is 5.56 Å². The summed E-state index contributed by atoms with van der Waals surface area (Å²) in [5.41, 5.74) is -0.675. The highest BCUT2D eigenvalue weighted by Gasteiger charge is 2.29. The lowest BCUT2D eigenvalue weighted by molar-refractivity contribution is -0.143. The predicted molar refractivity (Wildman–Crippen MR) is 97.7 cm³/mol. The Balaban J connectivity index is 2.12. The van der Waals surface area contributed by atoms with Gasteiger partial charge in [-0.3, -0.25) is 18.7 Å². The van der Waals surface area contributed by atoms with Crippen molar-refractivity contribution in [2.24, 2.45) is 0 Å². The maximum Gasteiger partial charge on any atom is 0.390 e. The highest BCUT2D eigenvalue weighted by molar-refractivity contribution is 7.18. The molecular formula is C17H20F3N3O4S. The zero-order chi connectivity index (χ0) is 20.6. The first kappa shape index (κ1) is 20.6. The summed E-state index contributed by atoms with van der Waals surface area (Å²) in [6.45, 7) is 3.79. The number of ether oxygens (including phenoxy) is 1. The number of carbonyl (C=O) groups is 1. The first-order valence-corrected chi connectivity index (χ1v) is 9.63. The molecule has 0 N–H and O–H groups in total. The highest BCUT2D eigenvalue weighted by atomic mass is 32.1. The number of carbonyl (C=O) groups excluding carboxylic acids is 1. The molecule has 11 heteroatoms. The molecule has 1 fully saturated rings. The van der Waals surface area contributed by atoms with Crippen LogP contribution >= 0.6 is 11.3 Å². The fraction of sp³-hybridized carbons (Fsp3) is 0.588. The Morgan fingerprint density at radius 3 is 2.50 bits per heavy atom. The summed E-state index contributed by atoms with van der Waals surface area (Å²) in [4.78, 5) is 39.8. The van der Waals surface area contributed by atoms with Crippen LogP contribution in [-0.4, -0.2) is 45.9 Å². The number of nitrogens with zero attached hydrogens (tertiary/aromatic N) is 3. The monoisotopic (exact) mass is 419 g/mol. The molecule has 0 aromatic carbocycles. The Kier molecular flexibility index (Phi) is 5.67. The number of aromatic nitrogens is 2. The second kappa shape index (κ2) is 7.70. The Morgan fingerprint density at radius 1 is 1.18 bits per heavy atom. The number of rotatable bonds is 5. The van der Waals surface area contributed by atoms with Gasteiger partial charge in [0.1, 0.15) is 11.4 Å². The average Bonchev–Trinajstić information content (AvgIpc) is 2.93. The van der Waals surface area contributed by atoms with Crippen molar-refractivity contribution in [3.05, 3.63) is 31.3 Å². The van der Waals surface area contributed by atoms with Gasteiger partial charge in [-0.15, -0.1) is 11.3 Å². The molecule has 0 aliphatic carbocycles. The molecule has 0 saturated carbocycles. The quantitative estimate of drug-likeness (QED) is 0.742. The SMILES string of the molecule is CCn1c(=O)c2c(C)c(CN3CCOCC3=O)sc2n(CCC(F)(F)F)c1=O. The van der Waals surface area contributed by atoms with Crippen LogP contribution in [0.3, 0.4) is 0 Å². The second-order valence-corrected chi connectivity index (χ2v) is 7.63. The van der Waals surface area contributed by atoms with Crippen molar-refractivity contribution in [2.45, 2.75) is 46.1 Å². The van der Waals surface area contributed by atoms with Crippen LogP contribution in [0.25, 0.3) is 10.2 Å². The average molecular weight is 419 g/mol. The van der Waals surface area contributed by atoms with Crippen LogP contribution in [-0.2, 0) is 29.2 Å². The van der Waals surface area contributed by atoms with Crippen LogP contribution < -0.4 is 11.2 Å². The molecule has 2 aromatic rings. The molecule has 2 aromatic heterocycles. The van der Waals surface area contributed by atoms with Crippen molar-refractivity contribution in [1.82, 2.24) is 14.0 Å². The zero-order valence-electron chi connectivity index (χ0n) is 15.5. The Morgan fingerprint density at radius 2 is 1.89 bits per heavy atom. The lowest BCUT2D eigenvalue weighted by atomic mass is 10.2. The third kappa shape index (κ3) is 3.86. The molecule has 0 unspecified atom stereocenters. The van der Waals surface area contributed by atoms with E-state index < -0.39 is 30.4 Å². The van der Waals surface area contributed by atoms with E-state index in [1.54, 1.807) is 18.7 Å². The van der Waals surface area contributed by atoms with Gasteiger partial charge in [0, 0.05) is 24.5 Å². The maximum absolute atomic E-state index is 12.8. The smallest absolute Gasteiger partial charge is 0.370 e. The molecular weight excluding hydrogens is 399 g/mol. The van der Waals surface area contributed by atoms with E-state index >= 15 is 0 Å². The summed E-state index contributed by atoms with van der Waals surface area (Å²) >= 11 is 1.09. The van der Waals surface area contributed by atoms with Crippen LogP contribution in [0.15, 0.2) is 9.59 Å². The molecule has 154 valence electrons. The molecule has 0 radical (unpaired) electrons. The largest absolute Gasteiger partial charge is 0.390 e. The molecule has 0 spiro atoms. The van der Waals surface area contributed by atoms with Crippen LogP contribution in [0.4, 0.5) is 13.2 Å². The van der Waals surface area contributed by atoms with Gasteiger partial charge in [0.05, 0.1) is 25.0 Å². The molecule has 1 aliphatic rings. The number of alkyl halides is 3. The van der Waals surface area contributed by atoms with Crippen LogP contribution in [0, 0.1) is 6.92 Å². The fourth-order valence-corrected chi connectivity index (χ4v) is 4.53. The Labute approximate surface area is 161 Å². The lowest BCUT2D eigenvalue weighted by Crippen LogP contribution is -2.40. The van der Waals surface area contributed by atoms with Crippen molar-refractivity contribution in [3.8, 4) is 0 Å². The number of hydrogen-bond acceptors (Lipinski definition) is 5. The molecule has 0 bridgehead atoms. The second-order valence-electron chi connectivity index (χ2n) is 6.55. The molecule has 28 heavy (non-hydrogen) atoms. The van der Waals surface area contributed by atoms with E-state index in [2.05, 4.69) is 0 Å². The number of aryl methyl sites for hydroxylation is 2. The minimum atomic E-state index is -4.42. The van der Waals surface area contributed by atoms with Crippen LogP contribution in [0.5, 0.6) is 0 Å². The van der Waals surface area contributed by atoms with Crippen molar-refractivity contribution in [1.29, 1.82) is 0 Å². The summed E-state index contributed by atoms with van der Waals surface area (Å²) in [7, 11) is 0. The number of hydrogen-bond donors (Lipinski definition) is 0. The van der Waals surface area contributed by atoms with Gasteiger partial charge in [-0.2, -0.15) is 13.2 Å². The first-order chi connectivity index (χ1) is 13.1. The van der Waals surface area contributed by atoms with Crippen molar-refractivity contribution < 1.29 is 22.7 Å². The summed E-state index contributed by atoms with van der Waals surface area (Å²) < 4.78 is 45.3. The van der Waals surface area contributed by atoms with Gasteiger partial charge in [-0.25, -0.2) is 4.79 Å². The number of fused-ring (bicyclic) bond motifs is 1. The number of thiophene rings is 1.